The number of halogens is 1. The van der Waals surface area contributed by atoms with Crippen LogP contribution < -0.4 is 5.32 Å². The highest BCUT2D eigenvalue weighted by Crippen LogP contribution is 2.50. The molecule has 2 aromatic rings. The van der Waals surface area contributed by atoms with E-state index in [1.165, 1.54) is 0 Å². The SMILES string of the molecule is N#Cc1ccc2c(c1)C1C=CCC1C(c1ccc(Cl)c([N+](=O)[O-])c1)N2. The molecule has 0 fully saturated rings. The van der Waals surface area contributed by atoms with Crippen molar-refractivity contribution in [3.8, 4) is 6.07 Å². The van der Waals surface area contributed by atoms with Gasteiger partial charge in [0.05, 0.1) is 22.6 Å². The van der Waals surface area contributed by atoms with Crippen molar-refractivity contribution in [1.82, 2.24) is 0 Å². The highest BCUT2D eigenvalue weighted by atomic mass is 35.5. The third kappa shape index (κ3) is 2.55. The quantitative estimate of drug-likeness (QED) is 0.472. The van der Waals surface area contributed by atoms with Gasteiger partial charge in [-0.25, -0.2) is 0 Å². The first-order chi connectivity index (χ1) is 12.1. The van der Waals surface area contributed by atoms with E-state index in [-0.39, 0.29) is 28.6 Å². The maximum atomic E-state index is 11.2. The molecular weight excluding hydrogens is 338 g/mol. The van der Waals surface area contributed by atoms with Crippen molar-refractivity contribution in [3.05, 3.63) is 80.4 Å². The number of nitro benzene ring substituents is 1. The van der Waals surface area contributed by atoms with Crippen LogP contribution in [0.2, 0.25) is 5.02 Å². The summed E-state index contributed by atoms with van der Waals surface area (Å²) in [5.74, 6) is 0.450. The molecular formula is C19H14ClN3O2. The Bertz CT molecular complexity index is 948. The van der Waals surface area contributed by atoms with Gasteiger partial charge in [-0.05, 0) is 47.7 Å². The summed E-state index contributed by atoms with van der Waals surface area (Å²) in [6, 6.07) is 12.8. The minimum atomic E-state index is -0.452. The number of hydrogen-bond acceptors (Lipinski definition) is 4. The van der Waals surface area contributed by atoms with E-state index in [1.807, 2.05) is 18.2 Å². The van der Waals surface area contributed by atoms with Gasteiger partial charge in [-0.15, -0.1) is 0 Å². The molecule has 0 aromatic heterocycles. The first-order valence-corrected chi connectivity index (χ1v) is 8.37. The summed E-state index contributed by atoms with van der Waals surface area (Å²) < 4.78 is 0. The summed E-state index contributed by atoms with van der Waals surface area (Å²) in [6.45, 7) is 0. The maximum Gasteiger partial charge on any atom is 0.288 e. The molecule has 0 bridgehead atoms. The van der Waals surface area contributed by atoms with Crippen LogP contribution in [0.3, 0.4) is 0 Å². The van der Waals surface area contributed by atoms with Crippen LogP contribution in [-0.2, 0) is 0 Å². The normalized spacial score (nSPS) is 23.3. The van der Waals surface area contributed by atoms with Gasteiger partial charge in [-0.1, -0.05) is 29.8 Å². The largest absolute Gasteiger partial charge is 0.378 e. The molecule has 0 amide bonds. The minimum absolute atomic E-state index is 0.0450. The number of nitrogens with zero attached hydrogens (tertiary/aromatic N) is 2. The second-order valence-corrected chi connectivity index (χ2v) is 6.76. The van der Waals surface area contributed by atoms with Crippen LogP contribution in [0.1, 0.15) is 35.1 Å². The van der Waals surface area contributed by atoms with Crippen LogP contribution >= 0.6 is 11.6 Å². The molecule has 0 spiro atoms. The summed E-state index contributed by atoms with van der Waals surface area (Å²) >= 11 is 5.95. The Labute approximate surface area is 149 Å². The van der Waals surface area contributed by atoms with E-state index >= 15 is 0 Å². The zero-order valence-corrected chi connectivity index (χ0v) is 13.9. The fourth-order valence-corrected chi connectivity index (χ4v) is 4.04. The van der Waals surface area contributed by atoms with Crippen LogP contribution in [-0.4, -0.2) is 4.92 Å². The lowest BCUT2D eigenvalue weighted by molar-refractivity contribution is -0.384. The fourth-order valence-electron chi connectivity index (χ4n) is 3.86. The fraction of sp³-hybridized carbons (Fsp3) is 0.211. The smallest absolute Gasteiger partial charge is 0.288 e. The molecule has 5 nitrogen and oxygen atoms in total. The van der Waals surface area contributed by atoms with E-state index in [0.717, 1.165) is 23.2 Å². The third-order valence-corrected chi connectivity index (χ3v) is 5.34. The molecule has 1 N–H and O–H groups in total. The Morgan fingerprint density at radius 3 is 2.88 bits per heavy atom. The predicted octanol–water partition coefficient (Wildman–Crippen LogP) is 4.95. The molecule has 25 heavy (non-hydrogen) atoms. The van der Waals surface area contributed by atoms with Gasteiger partial charge in [0.25, 0.3) is 5.69 Å². The molecule has 1 heterocycles. The van der Waals surface area contributed by atoms with Crippen LogP contribution in [0.4, 0.5) is 11.4 Å². The van der Waals surface area contributed by atoms with Crippen molar-refractivity contribution in [1.29, 1.82) is 5.26 Å². The van der Waals surface area contributed by atoms with Gasteiger partial charge in [0, 0.05) is 17.7 Å². The summed E-state index contributed by atoms with van der Waals surface area (Å²) in [7, 11) is 0. The van der Waals surface area contributed by atoms with Gasteiger partial charge in [0.1, 0.15) is 5.02 Å². The number of hydrogen-bond donors (Lipinski definition) is 1. The lowest BCUT2D eigenvalue weighted by Crippen LogP contribution is -2.29. The van der Waals surface area contributed by atoms with E-state index in [1.54, 1.807) is 18.2 Å². The van der Waals surface area contributed by atoms with E-state index in [2.05, 4.69) is 23.5 Å². The van der Waals surface area contributed by atoms with Gasteiger partial charge >= 0.3 is 0 Å². The lowest BCUT2D eigenvalue weighted by atomic mass is 9.76. The van der Waals surface area contributed by atoms with Crippen LogP contribution in [0.5, 0.6) is 0 Å². The average Bonchev–Trinajstić information content (AvgIpc) is 3.11. The molecule has 2 aliphatic rings. The zero-order chi connectivity index (χ0) is 17.6. The highest BCUT2D eigenvalue weighted by Gasteiger charge is 2.38. The van der Waals surface area contributed by atoms with E-state index in [9.17, 15) is 10.1 Å². The molecule has 6 heteroatoms. The van der Waals surface area contributed by atoms with Crippen molar-refractivity contribution in [2.45, 2.75) is 18.4 Å². The van der Waals surface area contributed by atoms with Crippen LogP contribution in [0.25, 0.3) is 0 Å². The first kappa shape index (κ1) is 15.7. The third-order valence-electron chi connectivity index (χ3n) is 5.02. The molecule has 3 atom stereocenters. The zero-order valence-electron chi connectivity index (χ0n) is 13.1. The Morgan fingerprint density at radius 1 is 1.28 bits per heavy atom. The lowest BCUT2D eigenvalue weighted by Gasteiger charge is -2.37. The number of anilines is 1. The minimum Gasteiger partial charge on any atom is -0.378 e. The van der Waals surface area contributed by atoms with Crippen molar-refractivity contribution in [2.75, 3.05) is 5.32 Å². The molecule has 124 valence electrons. The van der Waals surface area contributed by atoms with Gasteiger partial charge < -0.3 is 5.32 Å². The number of nitrogens with one attached hydrogen (secondary N) is 1. The number of fused-ring (bicyclic) bond motifs is 3. The Morgan fingerprint density at radius 2 is 2.12 bits per heavy atom. The predicted molar refractivity (Wildman–Crippen MR) is 95.6 cm³/mol. The van der Waals surface area contributed by atoms with Crippen molar-refractivity contribution >= 4 is 23.0 Å². The van der Waals surface area contributed by atoms with E-state index in [0.29, 0.717) is 5.56 Å². The second-order valence-electron chi connectivity index (χ2n) is 6.36. The Kier molecular flexibility index (Phi) is 3.70. The first-order valence-electron chi connectivity index (χ1n) is 7.99. The van der Waals surface area contributed by atoms with E-state index < -0.39 is 4.92 Å². The average molecular weight is 352 g/mol. The topological polar surface area (TPSA) is 79.0 Å². The van der Waals surface area contributed by atoms with Crippen molar-refractivity contribution in [2.24, 2.45) is 5.92 Å². The Balaban J connectivity index is 1.79. The number of nitro groups is 1. The molecule has 0 radical (unpaired) electrons. The van der Waals surface area contributed by atoms with Gasteiger partial charge in [-0.3, -0.25) is 10.1 Å². The van der Waals surface area contributed by atoms with Crippen molar-refractivity contribution < 1.29 is 4.92 Å². The Hall–Kier alpha value is -2.84. The summed E-state index contributed by atoms with van der Waals surface area (Å²) in [6.07, 6.45) is 5.19. The molecule has 1 aliphatic carbocycles. The van der Waals surface area contributed by atoms with Crippen LogP contribution in [0.15, 0.2) is 48.6 Å². The second kappa shape index (κ2) is 5.91. The maximum absolute atomic E-state index is 11.2. The highest BCUT2D eigenvalue weighted by molar-refractivity contribution is 6.32. The molecule has 3 unspecified atom stereocenters. The number of rotatable bonds is 2. The van der Waals surface area contributed by atoms with Crippen molar-refractivity contribution in [3.63, 3.8) is 0 Å². The summed E-state index contributed by atoms with van der Waals surface area (Å²) in [5, 5.41) is 24.0. The van der Waals surface area contributed by atoms with Gasteiger partial charge in [-0.2, -0.15) is 5.26 Å². The molecule has 0 saturated carbocycles. The molecule has 1 aliphatic heterocycles. The molecule has 0 saturated heterocycles. The molecule has 2 aromatic carbocycles. The standard InChI is InChI=1S/C19H14ClN3O2/c20-16-6-5-12(9-18(16)23(24)25)19-14-3-1-2-13(14)15-8-11(10-21)4-7-17(15)22-19/h1-2,4-9,13-14,19,22H,3H2. The number of nitriles is 1. The summed E-state index contributed by atoms with van der Waals surface area (Å²) in [4.78, 5) is 10.8. The van der Waals surface area contributed by atoms with Crippen LogP contribution in [0, 0.1) is 27.4 Å². The number of benzene rings is 2. The molecule has 4 rings (SSSR count). The summed E-state index contributed by atoms with van der Waals surface area (Å²) in [5.41, 5.74) is 3.49. The number of allylic oxidation sites excluding steroid dienone is 2. The van der Waals surface area contributed by atoms with Gasteiger partial charge in [0.2, 0.25) is 0 Å². The van der Waals surface area contributed by atoms with Gasteiger partial charge in [0.15, 0.2) is 0 Å². The monoisotopic (exact) mass is 351 g/mol. The van der Waals surface area contributed by atoms with E-state index in [4.69, 9.17) is 16.9 Å².